The Balaban J connectivity index is 2.36. The Labute approximate surface area is 125 Å². The molecule has 1 heterocycles. The maximum Gasteiger partial charge on any atom is 0.262 e. The minimum Gasteiger partial charge on any atom is -0.495 e. The molecule has 8 heteroatoms. The van der Waals surface area contributed by atoms with Crippen LogP contribution in [0.25, 0.3) is 0 Å². The van der Waals surface area contributed by atoms with Gasteiger partial charge in [-0.3, -0.25) is 9.71 Å². The molecule has 0 saturated carbocycles. The van der Waals surface area contributed by atoms with Crippen LogP contribution in [0, 0.1) is 0 Å². The summed E-state index contributed by atoms with van der Waals surface area (Å²) >= 11 is 3.22. The highest BCUT2D eigenvalue weighted by molar-refractivity contribution is 9.10. The van der Waals surface area contributed by atoms with Crippen LogP contribution in [-0.4, -0.2) is 20.5 Å². The Morgan fingerprint density at radius 1 is 1.35 bits per heavy atom. The van der Waals surface area contributed by atoms with Crippen molar-refractivity contribution in [3.05, 3.63) is 41.1 Å². The van der Waals surface area contributed by atoms with E-state index in [2.05, 4.69) is 25.6 Å². The van der Waals surface area contributed by atoms with Crippen molar-refractivity contribution < 1.29 is 13.2 Å². The van der Waals surface area contributed by atoms with Gasteiger partial charge in [-0.25, -0.2) is 8.42 Å². The third kappa shape index (κ3) is 3.02. The van der Waals surface area contributed by atoms with Crippen LogP contribution >= 0.6 is 15.9 Å². The van der Waals surface area contributed by atoms with Crippen LogP contribution in [0.2, 0.25) is 0 Å². The van der Waals surface area contributed by atoms with Gasteiger partial charge in [-0.2, -0.15) is 0 Å². The zero-order valence-corrected chi connectivity index (χ0v) is 12.9. The van der Waals surface area contributed by atoms with Crippen molar-refractivity contribution in [2.75, 3.05) is 17.6 Å². The lowest BCUT2D eigenvalue weighted by Crippen LogP contribution is -2.13. The number of hydrogen-bond acceptors (Lipinski definition) is 5. The van der Waals surface area contributed by atoms with Crippen molar-refractivity contribution in [2.24, 2.45) is 0 Å². The number of halogens is 1. The first-order chi connectivity index (χ1) is 9.44. The fourth-order valence-electron chi connectivity index (χ4n) is 1.54. The number of sulfonamides is 1. The number of nitrogens with one attached hydrogen (secondary N) is 1. The minimum absolute atomic E-state index is 0.0551. The average Bonchev–Trinajstić information content (AvgIpc) is 2.41. The van der Waals surface area contributed by atoms with Crippen LogP contribution in [0.15, 0.2) is 46.0 Å². The molecule has 0 aliphatic heterocycles. The van der Waals surface area contributed by atoms with Crippen LogP contribution in [0.5, 0.6) is 5.75 Å². The molecule has 6 nitrogen and oxygen atoms in total. The molecule has 1 aromatic heterocycles. The number of aromatic nitrogens is 1. The highest BCUT2D eigenvalue weighted by Gasteiger charge is 2.17. The van der Waals surface area contributed by atoms with E-state index in [1.165, 1.54) is 37.7 Å². The third-order valence-corrected chi connectivity index (χ3v) is 4.52. The van der Waals surface area contributed by atoms with E-state index < -0.39 is 10.0 Å². The van der Waals surface area contributed by atoms with E-state index in [9.17, 15) is 8.42 Å². The molecule has 2 aromatic rings. The van der Waals surface area contributed by atoms with Crippen LogP contribution < -0.4 is 15.2 Å². The number of nitrogens with two attached hydrogens (primary N) is 1. The van der Waals surface area contributed by atoms with E-state index in [1.807, 2.05) is 0 Å². The second-order valence-corrected chi connectivity index (χ2v) is 6.40. The van der Waals surface area contributed by atoms with Crippen LogP contribution in [0.4, 0.5) is 11.4 Å². The molecular weight excluding hydrogens is 346 g/mol. The molecule has 0 radical (unpaired) electrons. The summed E-state index contributed by atoms with van der Waals surface area (Å²) in [4.78, 5) is 3.92. The van der Waals surface area contributed by atoms with Crippen molar-refractivity contribution in [3.63, 3.8) is 0 Å². The number of anilines is 2. The Hall–Kier alpha value is -1.80. The first-order valence-electron chi connectivity index (χ1n) is 5.50. The zero-order chi connectivity index (χ0) is 14.8. The molecule has 0 bridgehead atoms. The molecule has 1 aromatic carbocycles. The van der Waals surface area contributed by atoms with Crippen molar-refractivity contribution in [3.8, 4) is 5.75 Å². The number of ether oxygens (including phenoxy) is 1. The number of benzene rings is 1. The smallest absolute Gasteiger partial charge is 0.262 e. The predicted molar refractivity (Wildman–Crippen MR) is 80.2 cm³/mol. The Kier molecular flexibility index (Phi) is 4.15. The molecule has 0 saturated heterocycles. The monoisotopic (exact) mass is 357 g/mol. The first-order valence-corrected chi connectivity index (χ1v) is 7.77. The Morgan fingerprint density at radius 3 is 2.70 bits per heavy atom. The summed E-state index contributed by atoms with van der Waals surface area (Å²) in [7, 11) is -2.26. The van der Waals surface area contributed by atoms with Crippen LogP contribution in [-0.2, 0) is 10.0 Å². The molecule has 0 aliphatic rings. The lowest BCUT2D eigenvalue weighted by atomic mass is 10.3. The minimum atomic E-state index is -3.73. The third-order valence-electron chi connectivity index (χ3n) is 2.53. The van der Waals surface area contributed by atoms with Crippen molar-refractivity contribution in [1.82, 2.24) is 4.98 Å². The van der Waals surface area contributed by atoms with Gasteiger partial charge in [0.15, 0.2) is 0 Å². The molecule has 0 atom stereocenters. The molecule has 0 aliphatic carbocycles. The summed E-state index contributed by atoms with van der Waals surface area (Å²) in [6, 6.07) is 5.82. The molecule has 20 heavy (non-hydrogen) atoms. The topological polar surface area (TPSA) is 94.3 Å². The summed E-state index contributed by atoms with van der Waals surface area (Å²) in [6.07, 6.45) is 2.99. The lowest BCUT2D eigenvalue weighted by Gasteiger charge is -2.11. The fraction of sp³-hybridized carbons (Fsp3) is 0.0833. The molecule has 2 rings (SSSR count). The normalized spacial score (nSPS) is 11.1. The number of nitrogens with zero attached hydrogens (tertiary/aromatic N) is 1. The van der Waals surface area contributed by atoms with Gasteiger partial charge in [-0.05, 0) is 40.2 Å². The second-order valence-electron chi connectivity index (χ2n) is 3.86. The average molecular weight is 358 g/mol. The summed E-state index contributed by atoms with van der Waals surface area (Å²) in [5.41, 5.74) is 6.37. The summed E-state index contributed by atoms with van der Waals surface area (Å²) in [5.74, 6) is 0.425. The van der Waals surface area contributed by atoms with Gasteiger partial charge in [0.1, 0.15) is 5.75 Å². The zero-order valence-electron chi connectivity index (χ0n) is 10.5. The SMILES string of the molecule is COc1ccc(S(=O)(=O)Nc2ccncc2Br)cc1N. The van der Waals surface area contributed by atoms with Crippen LogP contribution in [0.3, 0.4) is 0 Å². The van der Waals surface area contributed by atoms with E-state index in [0.717, 1.165) is 0 Å². The van der Waals surface area contributed by atoms with E-state index in [1.54, 1.807) is 6.07 Å². The Morgan fingerprint density at radius 2 is 2.10 bits per heavy atom. The highest BCUT2D eigenvalue weighted by atomic mass is 79.9. The Bertz CT molecular complexity index is 734. The van der Waals surface area contributed by atoms with E-state index in [-0.39, 0.29) is 10.6 Å². The maximum absolute atomic E-state index is 12.3. The highest BCUT2D eigenvalue weighted by Crippen LogP contribution is 2.27. The quantitative estimate of drug-likeness (QED) is 0.818. The van der Waals surface area contributed by atoms with Crippen LogP contribution in [0.1, 0.15) is 0 Å². The van der Waals surface area contributed by atoms with Gasteiger partial charge in [0.05, 0.1) is 27.9 Å². The van der Waals surface area contributed by atoms with E-state index >= 15 is 0 Å². The molecule has 3 N–H and O–H groups in total. The van der Waals surface area contributed by atoms with Crippen molar-refractivity contribution in [2.45, 2.75) is 4.90 Å². The largest absolute Gasteiger partial charge is 0.495 e. The first kappa shape index (κ1) is 14.6. The molecular formula is C12H12BrN3O3S. The summed E-state index contributed by atoms with van der Waals surface area (Å²) in [6.45, 7) is 0. The number of hydrogen-bond donors (Lipinski definition) is 2. The van der Waals surface area contributed by atoms with Gasteiger partial charge < -0.3 is 10.5 Å². The van der Waals surface area contributed by atoms with Gasteiger partial charge in [0.25, 0.3) is 10.0 Å². The van der Waals surface area contributed by atoms with Gasteiger partial charge in [-0.15, -0.1) is 0 Å². The molecule has 0 unspecified atom stereocenters. The van der Waals surface area contributed by atoms with E-state index in [0.29, 0.717) is 15.9 Å². The summed E-state index contributed by atoms with van der Waals surface area (Å²) < 4.78 is 32.5. The van der Waals surface area contributed by atoms with Gasteiger partial charge >= 0.3 is 0 Å². The summed E-state index contributed by atoms with van der Waals surface area (Å²) in [5, 5.41) is 0. The lowest BCUT2D eigenvalue weighted by molar-refractivity contribution is 0.416. The number of nitrogen functional groups attached to an aromatic ring is 1. The predicted octanol–water partition coefficient (Wildman–Crippen LogP) is 2.24. The van der Waals surface area contributed by atoms with Gasteiger partial charge in [0.2, 0.25) is 0 Å². The molecule has 106 valence electrons. The van der Waals surface area contributed by atoms with E-state index in [4.69, 9.17) is 10.5 Å². The number of methoxy groups -OCH3 is 1. The van der Waals surface area contributed by atoms with Crippen molar-refractivity contribution >= 4 is 37.3 Å². The van der Waals surface area contributed by atoms with Gasteiger partial charge in [-0.1, -0.05) is 0 Å². The number of rotatable bonds is 4. The molecule has 0 fully saturated rings. The second kappa shape index (κ2) is 5.68. The van der Waals surface area contributed by atoms with Crippen molar-refractivity contribution in [1.29, 1.82) is 0 Å². The molecule has 0 amide bonds. The fourth-order valence-corrected chi connectivity index (χ4v) is 3.14. The maximum atomic E-state index is 12.3. The van der Waals surface area contributed by atoms with Gasteiger partial charge in [0, 0.05) is 12.4 Å². The molecule has 0 spiro atoms. The number of pyridine rings is 1. The standard InChI is InChI=1S/C12H12BrN3O3S/c1-19-12-3-2-8(6-10(12)14)20(17,18)16-11-4-5-15-7-9(11)13/h2-7H,14H2,1H3,(H,15,16).